The maximum Gasteiger partial charge on any atom is 0.294 e. The summed E-state index contributed by atoms with van der Waals surface area (Å²) in [5.41, 5.74) is 2.20. The molecular weight excluding hydrogens is 393 g/mol. The van der Waals surface area contributed by atoms with Gasteiger partial charge in [0, 0.05) is 30.8 Å². The number of phenols is 1. The number of hydrogen-bond acceptors (Lipinski definition) is 7. The summed E-state index contributed by atoms with van der Waals surface area (Å²) >= 11 is 1.21. The van der Waals surface area contributed by atoms with Gasteiger partial charge in [-0.3, -0.25) is 0 Å². The number of phenolic OH excluding ortho intramolecular Hbond substituents is 1. The zero-order valence-corrected chi connectivity index (χ0v) is 16.9. The van der Waals surface area contributed by atoms with Crippen molar-refractivity contribution in [2.45, 2.75) is 51.0 Å². The van der Waals surface area contributed by atoms with E-state index in [2.05, 4.69) is 27.5 Å². The number of benzene rings is 1. The van der Waals surface area contributed by atoms with E-state index < -0.39 is 12.3 Å². The standard InChI is InChI=1S/C20H22FN5O2S/c1-10-7-12-8-16(17(21)18(10)22-12)28-20-24-23-19(29-20)14-4-3-13(9-15(14)27)26-6-5-11(2)25-26/h3-6,9-10,12,16-18,22,27H,7-8H2,1-2H3. The quantitative estimate of drug-likeness (QED) is 0.680. The second-order valence-corrected chi connectivity index (χ2v) is 8.86. The van der Waals surface area contributed by atoms with E-state index in [1.54, 1.807) is 16.8 Å². The van der Waals surface area contributed by atoms with Crippen molar-refractivity contribution in [2.24, 2.45) is 5.92 Å². The van der Waals surface area contributed by atoms with Crippen LogP contribution in [-0.4, -0.2) is 49.4 Å². The molecule has 0 radical (unpaired) electrons. The third kappa shape index (κ3) is 3.38. The van der Waals surface area contributed by atoms with Crippen molar-refractivity contribution in [3.05, 3.63) is 36.2 Å². The monoisotopic (exact) mass is 415 g/mol. The van der Waals surface area contributed by atoms with Crippen LogP contribution in [-0.2, 0) is 0 Å². The second-order valence-electron chi connectivity index (χ2n) is 7.92. The molecule has 0 amide bonds. The number of aryl methyl sites for hydroxylation is 1. The van der Waals surface area contributed by atoms with Crippen molar-refractivity contribution in [1.82, 2.24) is 25.3 Å². The lowest BCUT2D eigenvalue weighted by Gasteiger charge is -2.32. The first kappa shape index (κ1) is 18.5. The fourth-order valence-electron chi connectivity index (χ4n) is 4.32. The molecular formula is C20H22FN5O2S. The number of ether oxygens (including phenoxy) is 1. The van der Waals surface area contributed by atoms with Gasteiger partial charge in [-0.1, -0.05) is 23.4 Å². The van der Waals surface area contributed by atoms with E-state index in [9.17, 15) is 9.50 Å². The fraction of sp³-hybridized carbons (Fsp3) is 0.450. The zero-order chi connectivity index (χ0) is 20.1. The minimum absolute atomic E-state index is 0.0791. The summed E-state index contributed by atoms with van der Waals surface area (Å²) in [7, 11) is 0. The molecule has 2 aliphatic rings. The molecule has 7 nitrogen and oxygen atoms in total. The van der Waals surface area contributed by atoms with Gasteiger partial charge in [0.1, 0.15) is 11.9 Å². The van der Waals surface area contributed by atoms with Crippen LogP contribution < -0.4 is 10.1 Å². The molecule has 2 N–H and O–H groups in total. The lowest BCUT2D eigenvalue weighted by molar-refractivity contribution is 0.0399. The summed E-state index contributed by atoms with van der Waals surface area (Å²) in [5, 5.41) is 27.2. The van der Waals surface area contributed by atoms with Crippen molar-refractivity contribution < 1.29 is 14.2 Å². The van der Waals surface area contributed by atoms with Crippen molar-refractivity contribution in [1.29, 1.82) is 0 Å². The molecule has 2 aliphatic heterocycles. The highest BCUT2D eigenvalue weighted by Gasteiger charge is 2.47. The molecule has 0 aliphatic carbocycles. The predicted molar refractivity (Wildman–Crippen MR) is 107 cm³/mol. The lowest BCUT2D eigenvalue weighted by atomic mass is 9.97. The number of nitrogens with one attached hydrogen (secondary N) is 1. The van der Waals surface area contributed by atoms with Crippen LogP contribution in [0.5, 0.6) is 10.9 Å². The van der Waals surface area contributed by atoms with Crippen LogP contribution in [0.4, 0.5) is 4.39 Å². The number of alkyl halides is 1. The smallest absolute Gasteiger partial charge is 0.294 e. The molecule has 2 aromatic heterocycles. The van der Waals surface area contributed by atoms with E-state index in [0.717, 1.165) is 17.8 Å². The van der Waals surface area contributed by atoms with E-state index >= 15 is 0 Å². The Labute approximate surface area is 171 Å². The number of halogens is 1. The van der Waals surface area contributed by atoms with Gasteiger partial charge in [-0.25, -0.2) is 9.07 Å². The molecule has 0 spiro atoms. The average molecular weight is 415 g/mol. The molecule has 2 bridgehead atoms. The molecule has 152 valence electrons. The van der Waals surface area contributed by atoms with E-state index in [1.165, 1.54) is 11.3 Å². The van der Waals surface area contributed by atoms with Gasteiger partial charge in [0.15, 0.2) is 11.2 Å². The number of fused-ring (bicyclic) bond motifs is 2. The van der Waals surface area contributed by atoms with E-state index in [4.69, 9.17) is 4.74 Å². The summed E-state index contributed by atoms with van der Waals surface area (Å²) in [5.74, 6) is 0.387. The van der Waals surface area contributed by atoms with Gasteiger partial charge < -0.3 is 15.2 Å². The average Bonchev–Trinajstić information content (AvgIpc) is 3.39. The highest BCUT2D eigenvalue weighted by atomic mass is 32.1. The topological polar surface area (TPSA) is 85.1 Å². The molecule has 4 heterocycles. The summed E-state index contributed by atoms with van der Waals surface area (Å²) in [6.45, 7) is 3.98. The van der Waals surface area contributed by atoms with Crippen molar-refractivity contribution in [3.8, 4) is 27.2 Å². The normalized spacial score (nSPS) is 28.6. The molecule has 5 rings (SSSR count). The maximum atomic E-state index is 14.8. The lowest BCUT2D eigenvalue weighted by Crippen LogP contribution is -2.52. The molecule has 0 saturated carbocycles. The molecule has 5 unspecified atom stereocenters. The highest BCUT2D eigenvalue weighted by Crippen LogP contribution is 2.38. The number of nitrogens with zero attached hydrogens (tertiary/aromatic N) is 4. The Morgan fingerprint density at radius 3 is 2.90 bits per heavy atom. The summed E-state index contributed by atoms with van der Waals surface area (Å²) < 4.78 is 22.4. The minimum Gasteiger partial charge on any atom is -0.507 e. The minimum atomic E-state index is -1.07. The fourth-order valence-corrected chi connectivity index (χ4v) is 5.11. The SMILES string of the molecule is Cc1ccn(-c2ccc(-c3nnc(OC4CC5CC(C)C(N5)C4F)s3)c(O)c2)n1. The molecule has 3 aromatic rings. The van der Waals surface area contributed by atoms with E-state index in [1.807, 2.05) is 25.3 Å². The first-order valence-corrected chi connectivity index (χ1v) is 10.6. The summed E-state index contributed by atoms with van der Waals surface area (Å²) in [6.07, 6.45) is 1.85. The number of aromatic nitrogens is 4. The van der Waals surface area contributed by atoms with E-state index in [-0.39, 0.29) is 11.8 Å². The Morgan fingerprint density at radius 2 is 2.14 bits per heavy atom. The van der Waals surface area contributed by atoms with Gasteiger partial charge in [-0.15, -0.1) is 5.10 Å². The second kappa shape index (κ2) is 7.07. The van der Waals surface area contributed by atoms with Crippen LogP contribution in [0.2, 0.25) is 0 Å². The number of hydrogen-bond donors (Lipinski definition) is 2. The Bertz CT molecular complexity index is 1040. The first-order valence-electron chi connectivity index (χ1n) is 9.74. The van der Waals surface area contributed by atoms with Crippen LogP contribution in [0.25, 0.3) is 16.3 Å². The van der Waals surface area contributed by atoms with Gasteiger partial charge in [0.05, 0.1) is 16.9 Å². The molecule has 2 saturated heterocycles. The van der Waals surface area contributed by atoms with Crippen molar-refractivity contribution in [2.75, 3.05) is 0 Å². The van der Waals surface area contributed by atoms with Gasteiger partial charge >= 0.3 is 0 Å². The number of aromatic hydroxyl groups is 1. The van der Waals surface area contributed by atoms with Gasteiger partial charge in [0.25, 0.3) is 5.19 Å². The van der Waals surface area contributed by atoms with Crippen LogP contribution in [0.15, 0.2) is 30.5 Å². The molecule has 1 aromatic carbocycles. The predicted octanol–water partition coefficient (Wildman–Crippen LogP) is 3.26. The number of piperidine rings is 1. The third-order valence-electron chi connectivity index (χ3n) is 5.77. The van der Waals surface area contributed by atoms with Crippen LogP contribution in [0.1, 0.15) is 25.5 Å². The van der Waals surface area contributed by atoms with Crippen LogP contribution in [0.3, 0.4) is 0 Å². The largest absolute Gasteiger partial charge is 0.507 e. The molecule has 5 atom stereocenters. The maximum absolute atomic E-state index is 14.8. The van der Waals surface area contributed by atoms with Gasteiger partial charge in [-0.2, -0.15) is 5.10 Å². The molecule has 2 fully saturated rings. The number of rotatable bonds is 4. The summed E-state index contributed by atoms with van der Waals surface area (Å²) in [4.78, 5) is 0. The van der Waals surface area contributed by atoms with E-state index in [0.29, 0.717) is 34.1 Å². The van der Waals surface area contributed by atoms with Crippen molar-refractivity contribution in [3.63, 3.8) is 0 Å². The van der Waals surface area contributed by atoms with Crippen LogP contribution in [0, 0.1) is 12.8 Å². The van der Waals surface area contributed by atoms with Crippen molar-refractivity contribution >= 4 is 11.3 Å². The Morgan fingerprint density at radius 1 is 1.28 bits per heavy atom. The first-order chi connectivity index (χ1) is 14.0. The Hall–Kier alpha value is -2.52. The highest BCUT2D eigenvalue weighted by molar-refractivity contribution is 7.16. The van der Waals surface area contributed by atoms with Crippen LogP contribution >= 0.6 is 11.3 Å². The molecule has 9 heteroatoms. The van der Waals surface area contributed by atoms with Gasteiger partial charge in [0.2, 0.25) is 0 Å². The third-order valence-corrected chi connectivity index (χ3v) is 6.62. The zero-order valence-electron chi connectivity index (χ0n) is 16.1. The van der Waals surface area contributed by atoms with Gasteiger partial charge in [-0.05, 0) is 37.5 Å². The summed E-state index contributed by atoms with van der Waals surface area (Å²) in [6, 6.07) is 7.29. The Kier molecular flexibility index (Phi) is 4.51. The Balaban J connectivity index is 1.34. The molecule has 29 heavy (non-hydrogen) atoms.